The molecule has 2 rings (SSSR count). The van der Waals surface area contributed by atoms with E-state index in [1.807, 2.05) is 40.0 Å². The minimum absolute atomic E-state index is 0.0444. The zero-order valence-electron chi connectivity index (χ0n) is 16.4. The quantitative estimate of drug-likeness (QED) is 0.823. The predicted octanol–water partition coefficient (Wildman–Crippen LogP) is 3.41. The van der Waals surface area contributed by atoms with Crippen LogP contribution in [-0.2, 0) is 4.74 Å². The summed E-state index contributed by atoms with van der Waals surface area (Å²) in [5.74, 6) is 0.915. The lowest BCUT2D eigenvalue weighted by Gasteiger charge is -2.35. The summed E-state index contributed by atoms with van der Waals surface area (Å²) in [4.78, 5) is 28.3. The molecular formula is C20H30N2O4. The van der Waals surface area contributed by atoms with Crippen LogP contribution < -0.4 is 4.74 Å². The molecule has 0 spiro atoms. The molecule has 0 aromatic heterocycles. The van der Waals surface area contributed by atoms with Gasteiger partial charge >= 0.3 is 6.09 Å². The Labute approximate surface area is 156 Å². The van der Waals surface area contributed by atoms with Crippen molar-refractivity contribution in [3.05, 3.63) is 29.8 Å². The van der Waals surface area contributed by atoms with Crippen molar-refractivity contribution >= 4 is 12.0 Å². The molecule has 1 fully saturated rings. The fourth-order valence-electron chi connectivity index (χ4n) is 3.12. The number of hydrogen-bond acceptors (Lipinski definition) is 4. The van der Waals surface area contributed by atoms with E-state index < -0.39 is 5.60 Å². The predicted molar refractivity (Wildman–Crippen MR) is 100 cm³/mol. The number of carbonyl (C=O) groups excluding carboxylic acids is 2. The number of likely N-dealkylation sites (tertiary alicyclic amines) is 1. The number of methoxy groups -OCH3 is 1. The average molecular weight is 362 g/mol. The van der Waals surface area contributed by atoms with Crippen molar-refractivity contribution in [2.75, 3.05) is 33.8 Å². The van der Waals surface area contributed by atoms with E-state index in [4.69, 9.17) is 9.47 Å². The molecular weight excluding hydrogens is 332 g/mol. The van der Waals surface area contributed by atoms with Gasteiger partial charge in [-0.3, -0.25) is 4.79 Å². The lowest BCUT2D eigenvalue weighted by molar-refractivity contribution is 0.0171. The molecule has 0 N–H and O–H groups in total. The maximum atomic E-state index is 12.7. The summed E-state index contributed by atoms with van der Waals surface area (Å²) in [5, 5.41) is 0. The molecule has 26 heavy (non-hydrogen) atoms. The molecule has 1 aliphatic heterocycles. The highest BCUT2D eigenvalue weighted by Gasteiger charge is 2.28. The van der Waals surface area contributed by atoms with Gasteiger partial charge in [0.25, 0.3) is 5.91 Å². The van der Waals surface area contributed by atoms with Gasteiger partial charge in [0.05, 0.1) is 12.7 Å². The van der Waals surface area contributed by atoms with Gasteiger partial charge in [0, 0.05) is 26.7 Å². The van der Waals surface area contributed by atoms with Gasteiger partial charge in [0.2, 0.25) is 0 Å². The van der Waals surface area contributed by atoms with Crippen molar-refractivity contribution in [3.8, 4) is 5.75 Å². The van der Waals surface area contributed by atoms with Gasteiger partial charge in [-0.1, -0.05) is 12.1 Å². The van der Waals surface area contributed by atoms with Crippen molar-refractivity contribution < 1.29 is 19.1 Å². The van der Waals surface area contributed by atoms with Gasteiger partial charge in [0.15, 0.2) is 0 Å². The minimum Gasteiger partial charge on any atom is -0.496 e. The first-order chi connectivity index (χ1) is 12.2. The maximum Gasteiger partial charge on any atom is 0.410 e. The van der Waals surface area contributed by atoms with Crippen LogP contribution in [-0.4, -0.2) is 61.2 Å². The maximum absolute atomic E-state index is 12.7. The van der Waals surface area contributed by atoms with Gasteiger partial charge in [-0.15, -0.1) is 0 Å². The lowest BCUT2D eigenvalue weighted by atomic mass is 9.96. The van der Waals surface area contributed by atoms with Crippen molar-refractivity contribution in [2.24, 2.45) is 5.92 Å². The molecule has 1 saturated heterocycles. The Hall–Kier alpha value is -2.24. The standard InChI is InChI=1S/C20H30N2O4/c1-20(2,3)26-19(24)22-12-10-15(11-13-22)14-21(4)18(23)16-8-6-7-9-17(16)25-5/h6-9,15H,10-14H2,1-5H3. The Morgan fingerprint density at radius 1 is 1.19 bits per heavy atom. The van der Waals surface area contributed by atoms with E-state index in [1.165, 1.54) is 0 Å². The van der Waals surface area contributed by atoms with Gasteiger partial charge < -0.3 is 19.3 Å². The van der Waals surface area contributed by atoms with Crippen molar-refractivity contribution in [1.29, 1.82) is 0 Å². The number of piperidine rings is 1. The molecule has 1 aromatic rings. The summed E-state index contributed by atoms with van der Waals surface area (Å²) in [6.45, 7) is 7.60. The molecule has 0 saturated carbocycles. The highest BCUT2D eigenvalue weighted by molar-refractivity contribution is 5.96. The van der Waals surface area contributed by atoms with E-state index in [1.54, 1.807) is 29.0 Å². The number of nitrogens with zero attached hydrogens (tertiary/aromatic N) is 2. The largest absolute Gasteiger partial charge is 0.496 e. The van der Waals surface area contributed by atoms with Crippen LogP contribution in [0.1, 0.15) is 44.0 Å². The van der Waals surface area contributed by atoms with Crippen molar-refractivity contribution in [1.82, 2.24) is 9.80 Å². The molecule has 0 bridgehead atoms. The topological polar surface area (TPSA) is 59.1 Å². The van der Waals surface area contributed by atoms with Gasteiger partial charge in [-0.2, -0.15) is 0 Å². The Morgan fingerprint density at radius 3 is 2.38 bits per heavy atom. The van der Waals surface area contributed by atoms with Gasteiger partial charge in [-0.05, 0) is 51.7 Å². The molecule has 2 amide bonds. The molecule has 0 unspecified atom stereocenters. The van der Waals surface area contributed by atoms with E-state index in [0.29, 0.717) is 36.9 Å². The zero-order chi connectivity index (χ0) is 19.3. The highest BCUT2D eigenvalue weighted by atomic mass is 16.6. The normalized spacial score (nSPS) is 15.5. The Morgan fingerprint density at radius 2 is 1.81 bits per heavy atom. The second-order valence-electron chi connectivity index (χ2n) is 7.80. The minimum atomic E-state index is -0.477. The number of benzene rings is 1. The summed E-state index contributed by atoms with van der Waals surface area (Å²) in [6, 6.07) is 7.26. The SMILES string of the molecule is COc1ccccc1C(=O)N(C)CC1CCN(C(=O)OC(C)(C)C)CC1. The Bertz CT molecular complexity index is 631. The second-order valence-corrected chi connectivity index (χ2v) is 7.80. The molecule has 6 nitrogen and oxygen atoms in total. The van der Waals surface area contributed by atoms with Crippen molar-refractivity contribution in [3.63, 3.8) is 0 Å². The summed E-state index contributed by atoms with van der Waals surface area (Å²) < 4.78 is 10.7. The smallest absolute Gasteiger partial charge is 0.410 e. The number of ether oxygens (including phenoxy) is 2. The first-order valence-electron chi connectivity index (χ1n) is 9.07. The van der Waals surface area contributed by atoms with Crippen LogP contribution in [0, 0.1) is 5.92 Å². The van der Waals surface area contributed by atoms with E-state index in [9.17, 15) is 9.59 Å². The fourth-order valence-corrected chi connectivity index (χ4v) is 3.12. The molecule has 144 valence electrons. The van der Waals surface area contributed by atoms with E-state index in [2.05, 4.69) is 0 Å². The summed E-state index contributed by atoms with van der Waals surface area (Å²) >= 11 is 0. The van der Waals surface area contributed by atoms with Crippen molar-refractivity contribution in [2.45, 2.75) is 39.2 Å². The Kier molecular flexibility index (Phi) is 6.51. The number of amides is 2. The first kappa shape index (κ1) is 20.1. The number of rotatable bonds is 4. The van der Waals surface area contributed by atoms with Crippen LogP contribution >= 0.6 is 0 Å². The Balaban J connectivity index is 1.87. The lowest BCUT2D eigenvalue weighted by Crippen LogP contribution is -2.44. The van der Waals surface area contributed by atoms with Crippen LogP contribution in [0.5, 0.6) is 5.75 Å². The van der Waals surface area contributed by atoms with Crippen LogP contribution in [0.3, 0.4) is 0 Å². The third kappa shape index (κ3) is 5.38. The molecule has 1 aliphatic rings. The van der Waals surface area contributed by atoms with Crippen LogP contribution in [0.25, 0.3) is 0 Å². The fraction of sp³-hybridized carbons (Fsp3) is 0.600. The summed E-state index contributed by atoms with van der Waals surface area (Å²) in [6.07, 6.45) is 1.47. The highest BCUT2D eigenvalue weighted by Crippen LogP contribution is 2.23. The number of hydrogen-bond donors (Lipinski definition) is 0. The average Bonchev–Trinajstić information content (AvgIpc) is 2.60. The van der Waals surface area contributed by atoms with E-state index in [-0.39, 0.29) is 12.0 Å². The van der Waals surface area contributed by atoms with E-state index in [0.717, 1.165) is 12.8 Å². The third-order valence-corrected chi connectivity index (χ3v) is 4.48. The van der Waals surface area contributed by atoms with Gasteiger partial charge in [-0.25, -0.2) is 4.79 Å². The van der Waals surface area contributed by atoms with Crippen LogP contribution in [0.15, 0.2) is 24.3 Å². The van der Waals surface area contributed by atoms with E-state index >= 15 is 0 Å². The molecule has 0 atom stereocenters. The zero-order valence-corrected chi connectivity index (χ0v) is 16.4. The summed E-state index contributed by atoms with van der Waals surface area (Å²) in [5.41, 5.74) is 0.0960. The first-order valence-corrected chi connectivity index (χ1v) is 9.07. The van der Waals surface area contributed by atoms with Crippen LogP contribution in [0.2, 0.25) is 0 Å². The van der Waals surface area contributed by atoms with Gasteiger partial charge in [0.1, 0.15) is 11.4 Å². The molecule has 1 aromatic carbocycles. The third-order valence-electron chi connectivity index (χ3n) is 4.48. The monoisotopic (exact) mass is 362 g/mol. The molecule has 0 radical (unpaired) electrons. The molecule has 1 heterocycles. The number of carbonyl (C=O) groups is 2. The summed E-state index contributed by atoms with van der Waals surface area (Å²) in [7, 11) is 3.38. The second kappa shape index (κ2) is 8.43. The number of para-hydroxylation sites is 1. The molecule has 6 heteroatoms. The molecule has 0 aliphatic carbocycles. The van der Waals surface area contributed by atoms with Crippen LogP contribution in [0.4, 0.5) is 4.79 Å².